The van der Waals surface area contributed by atoms with Crippen LogP contribution in [0, 0.1) is 10.7 Å². The molecule has 1 aliphatic heterocycles. The molecule has 0 spiro atoms. The van der Waals surface area contributed by atoms with Gasteiger partial charge in [0.15, 0.2) is 4.77 Å². The Morgan fingerprint density at radius 2 is 1.71 bits per heavy atom. The number of rotatable bonds is 2. The first-order valence-corrected chi connectivity index (χ1v) is 7.86. The van der Waals surface area contributed by atoms with Crippen molar-refractivity contribution in [2.75, 3.05) is 18.0 Å². The van der Waals surface area contributed by atoms with Crippen LogP contribution in [-0.4, -0.2) is 34.0 Å². The smallest absolute Gasteiger partial charge is 0.341 e. The van der Waals surface area contributed by atoms with E-state index in [1.165, 1.54) is 12.8 Å². The summed E-state index contributed by atoms with van der Waals surface area (Å²) in [5.41, 5.74) is 0. The molecule has 1 aliphatic carbocycles. The molecule has 2 aliphatic rings. The summed E-state index contributed by atoms with van der Waals surface area (Å²) < 4.78 is 40.8. The largest absolute Gasteiger partial charge is 0.391 e. The van der Waals surface area contributed by atoms with E-state index in [-0.39, 0.29) is 12.8 Å². The molecule has 3 rings (SSSR count). The summed E-state index contributed by atoms with van der Waals surface area (Å²) in [6.07, 6.45) is 0.671. The molecule has 0 unspecified atom stereocenters. The Balaban J connectivity index is 1.75. The number of aromatic nitrogens is 3. The number of nitrogens with one attached hydrogen (secondary N) is 1. The van der Waals surface area contributed by atoms with Crippen LogP contribution in [0.5, 0.6) is 0 Å². The molecule has 21 heavy (non-hydrogen) atoms. The summed E-state index contributed by atoms with van der Waals surface area (Å²) in [6.45, 7) is 0.771. The van der Waals surface area contributed by atoms with Crippen LogP contribution in [-0.2, 0) is 0 Å². The second kappa shape index (κ2) is 5.62. The summed E-state index contributed by atoms with van der Waals surface area (Å²) in [6, 6.07) is 0.339. The van der Waals surface area contributed by atoms with Gasteiger partial charge in [0.25, 0.3) is 0 Å². The molecule has 4 nitrogen and oxygen atoms in total. The quantitative estimate of drug-likeness (QED) is 0.841. The van der Waals surface area contributed by atoms with E-state index in [4.69, 9.17) is 12.2 Å². The van der Waals surface area contributed by atoms with Gasteiger partial charge in [0, 0.05) is 19.1 Å². The molecule has 0 atom stereocenters. The standard InChI is InChI=1S/C13H19F3N4S/c14-13(15,16)9-5-7-19(8-6-9)11-17-18-12(21)20(11)10-3-1-2-4-10/h9-10H,1-8H2,(H,18,21). The molecule has 2 fully saturated rings. The van der Waals surface area contributed by atoms with Crippen molar-refractivity contribution in [1.82, 2.24) is 14.8 Å². The molecule has 1 aromatic heterocycles. The summed E-state index contributed by atoms with van der Waals surface area (Å²) in [5.74, 6) is -0.469. The predicted molar refractivity (Wildman–Crippen MR) is 75.9 cm³/mol. The number of alkyl halides is 3. The van der Waals surface area contributed by atoms with E-state index < -0.39 is 12.1 Å². The first-order valence-electron chi connectivity index (χ1n) is 7.45. The highest BCUT2D eigenvalue weighted by Crippen LogP contribution is 2.37. The van der Waals surface area contributed by atoms with Gasteiger partial charge >= 0.3 is 6.18 Å². The first kappa shape index (κ1) is 14.9. The topological polar surface area (TPSA) is 36.9 Å². The van der Waals surface area contributed by atoms with Crippen LogP contribution in [0.15, 0.2) is 0 Å². The SMILES string of the molecule is FC(F)(F)C1CCN(c2n[nH]c(=S)n2C2CCCC2)CC1. The maximum absolute atomic E-state index is 12.7. The van der Waals surface area contributed by atoms with Crippen molar-refractivity contribution in [3.8, 4) is 0 Å². The monoisotopic (exact) mass is 320 g/mol. The van der Waals surface area contributed by atoms with Gasteiger partial charge in [0.2, 0.25) is 5.95 Å². The van der Waals surface area contributed by atoms with Gasteiger partial charge in [-0.2, -0.15) is 13.2 Å². The van der Waals surface area contributed by atoms with Crippen molar-refractivity contribution in [2.45, 2.75) is 50.7 Å². The molecule has 0 amide bonds. The average molecular weight is 320 g/mol. The highest BCUT2D eigenvalue weighted by molar-refractivity contribution is 7.71. The van der Waals surface area contributed by atoms with E-state index in [2.05, 4.69) is 10.2 Å². The highest BCUT2D eigenvalue weighted by atomic mass is 32.1. The number of hydrogen-bond acceptors (Lipinski definition) is 3. The van der Waals surface area contributed by atoms with Crippen molar-refractivity contribution in [3.63, 3.8) is 0 Å². The Kier molecular flexibility index (Phi) is 3.98. The van der Waals surface area contributed by atoms with Gasteiger partial charge in [0.1, 0.15) is 0 Å². The van der Waals surface area contributed by atoms with Crippen molar-refractivity contribution >= 4 is 18.2 Å². The molecule has 1 N–H and O–H groups in total. The summed E-state index contributed by atoms with van der Waals surface area (Å²) in [4.78, 5) is 1.94. The molecule has 8 heteroatoms. The van der Waals surface area contributed by atoms with Crippen molar-refractivity contribution < 1.29 is 13.2 Å². The second-order valence-corrected chi connectivity index (χ2v) is 6.33. The van der Waals surface area contributed by atoms with Crippen molar-refractivity contribution in [1.29, 1.82) is 0 Å². The number of halogens is 3. The third-order valence-corrected chi connectivity index (χ3v) is 4.90. The molecule has 1 aromatic rings. The van der Waals surface area contributed by atoms with Gasteiger partial charge in [-0.3, -0.25) is 4.57 Å². The summed E-state index contributed by atoms with van der Waals surface area (Å²) in [5, 5.41) is 7.07. The maximum Gasteiger partial charge on any atom is 0.391 e. The second-order valence-electron chi connectivity index (χ2n) is 5.94. The van der Waals surface area contributed by atoms with E-state index >= 15 is 0 Å². The minimum Gasteiger partial charge on any atom is -0.341 e. The molecular weight excluding hydrogens is 301 g/mol. The molecule has 1 saturated heterocycles. The Morgan fingerprint density at radius 1 is 1.10 bits per heavy atom. The Morgan fingerprint density at radius 3 is 2.29 bits per heavy atom. The maximum atomic E-state index is 12.7. The van der Waals surface area contributed by atoms with Gasteiger partial charge in [-0.1, -0.05) is 12.8 Å². The van der Waals surface area contributed by atoms with E-state index in [1.54, 1.807) is 0 Å². The van der Waals surface area contributed by atoms with Crippen molar-refractivity contribution in [2.24, 2.45) is 5.92 Å². The molecule has 0 radical (unpaired) electrons. The first-order chi connectivity index (χ1) is 9.97. The molecule has 0 bridgehead atoms. The fourth-order valence-electron chi connectivity index (χ4n) is 3.42. The van der Waals surface area contributed by atoms with E-state index in [9.17, 15) is 13.2 Å². The number of piperidine rings is 1. The van der Waals surface area contributed by atoms with Gasteiger partial charge < -0.3 is 4.90 Å². The third kappa shape index (κ3) is 2.95. The van der Waals surface area contributed by atoms with Crippen LogP contribution in [0.1, 0.15) is 44.6 Å². The zero-order valence-corrected chi connectivity index (χ0v) is 12.5. The Bertz CT molecular complexity index is 536. The third-order valence-electron chi connectivity index (χ3n) is 4.62. The normalized spacial score (nSPS) is 22.1. The lowest BCUT2D eigenvalue weighted by molar-refractivity contribution is -0.179. The lowest BCUT2D eigenvalue weighted by Crippen LogP contribution is -2.40. The minimum absolute atomic E-state index is 0.133. The Labute approximate surface area is 126 Å². The average Bonchev–Trinajstić information content (AvgIpc) is 3.06. The molecule has 2 heterocycles. The minimum atomic E-state index is -4.08. The van der Waals surface area contributed by atoms with E-state index in [0.29, 0.717) is 29.9 Å². The van der Waals surface area contributed by atoms with Crippen LogP contribution >= 0.6 is 12.2 Å². The van der Waals surface area contributed by atoms with Gasteiger partial charge in [-0.05, 0) is 37.9 Å². The molecule has 1 saturated carbocycles. The number of aromatic amines is 1. The molecule has 0 aromatic carbocycles. The lowest BCUT2D eigenvalue weighted by atomic mass is 9.96. The molecule has 118 valence electrons. The van der Waals surface area contributed by atoms with Crippen LogP contribution in [0.4, 0.5) is 19.1 Å². The van der Waals surface area contributed by atoms with Crippen LogP contribution < -0.4 is 4.90 Å². The number of hydrogen-bond donors (Lipinski definition) is 1. The zero-order chi connectivity index (χ0) is 15.0. The van der Waals surface area contributed by atoms with Crippen molar-refractivity contribution in [3.05, 3.63) is 4.77 Å². The summed E-state index contributed by atoms with van der Waals surface area (Å²) >= 11 is 5.30. The number of nitrogens with zero attached hydrogens (tertiary/aromatic N) is 3. The predicted octanol–water partition coefficient (Wildman–Crippen LogP) is 3.83. The van der Waals surface area contributed by atoms with Gasteiger partial charge in [0.05, 0.1) is 5.92 Å². The summed E-state index contributed by atoms with van der Waals surface area (Å²) in [7, 11) is 0. The highest BCUT2D eigenvalue weighted by Gasteiger charge is 2.41. The lowest BCUT2D eigenvalue weighted by Gasteiger charge is -2.34. The fourth-order valence-corrected chi connectivity index (χ4v) is 3.69. The Hall–Kier alpha value is -1.05. The molecular formula is C13H19F3N4S. The van der Waals surface area contributed by atoms with Crippen LogP contribution in [0.2, 0.25) is 0 Å². The number of H-pyrrole nitrogens is 1. The van der Waals surface area contributed by atoms with Gasteiger partial charge in [-0.15, -0.1) is 5.10 Å². The zero-order valence-electron chi connectivity index (χ0n) is 11.7. The van der Waals surface area contributed by atoms with E-state index in [0.717, 1.165) is 12.8 Å². The van der Waals surface area contributed by atoms with E-state index in [1.807, 2.05) is 9.47 Å². The number of anilines is 1. The van der Waals surface area contributed by atoms with Crippen LogP contribution in [0.3, 0.4) is 0 Å². The van der Waals surface area contributed by atoms with Crippen LogP contribution in [0.25, 0.3) is 0 Å². The fraction of sp³-hybridized carbons (Fsp3) is 0.846. The van der Waals surface area contributed by atoms with Gasteiger partial charge in [-0.25, -0.2) is 5.10 Å².